The molecule has 0 unspecified atom stereocenters. The number of benzene rings is 1. The first kappa shape index (κ1) is 14.3. The number of aliphatic hydroxyl groups is 1. The Morgan fingerprint density at radius 3 is 2.63 bits per heavy atom. The fraction of sp³-hybridized carbons (Fsp3) is 0.600. The van der Waals surface area contributed by atoms with Crippen molar-refractivity contribution in [3.63, 3.8) is 0 Å². The van der Waals surface area contributed by atoms with Crippen LogP contribution < -0.4 is 10.2 Å². The minimum atomic E-state index is -0.840. The van der Waals surface area contributed by atoms with E-state index in [2.05, 4.69) is 5.32 Å². The van der Waals surface area contributed by atoms with Gasteiger partial charge in [-0.15, -0.1) is 0 Å². The second-order valence-electron chi connectivity index (χ2n) is 6.11. The van der Waals surface area contributed by atoms with Crippen LogP contribution in [0.2, 0.25) is 0 Å². The Morgan fingerprint density at radius 2 is 2.11 bits per heavy atom. The molecule has 3 nitrogen and oxygen atoms in total. The van der Waals surface area contributed by atoms with Crippen molar-refractivity contribution < 1.29 is 9.50 Å². The largest absolute Gasteiger partial charge is 0.389 e. The van der Waals surface area contributed by atoms with Gasteiger partial charge in [0.25, 0.3) is 0 Å². The van der Waals surface area contributed by atoms with Crippen molar-refractivity contribution in [2.24, 2.45) is 0 Å². The van der Waals surface area contributed by atoms with Crippen molar-refractivity contribution in [2.45, 2.75) is 44.9 Å². The molecular weight excluding hydrogens is 243 g/mol. The molecule has 1 saturated carbocycles. The monoisotopic (exact) mass is 266 g/mol. The van der Waals surface area contributed by atoms with Gasteiger partial charge in [-0.1, -0.05) is 6.07 Å². The Morgan fingerprint density at radius 1 is 1.42 bits per heavy atom. The second-order valence-corrected chi connectivity index (χ2v) is 6.11. The average molecular weight is 266 g/mol. The summed E-state index contributed by atoms with van der Waals surface area (Å²) in [7, 11) is 1.79. The minimum Gasteiger partial charge on any atom is -0.389 e. The van der Waals surface area contributed by atoms with E-state index in [1.54, 1.807) is 37.9 Å². The lowest BCUT2D eigenvalue weighted by Gasteiger charge is -2.27. The number of likely N-dealkylation sites (N-methyl/N-ethyl adjacent to an activating group) is 1. The molecule has 0 amide bonds. The molecule has 1 aromatic rings. The molecule has 4 heteroatoms. The van der Waals surface area contributed by atoms with Gasteiger partial charge >= 0.3 is 0 Å². The fourth-order valence-electron chi connectivity index (χ4n) is 2.19. The number of hydrogen-bond acceptors (Lipinski definition) is 3. The topological polar surface area (TPSA) is 35.5 Å². The van der Waals surface area contributed by atoms with Crippen molar-refractivity contribution >= 4 is 5.69 Å². The molecule has 0 saturated heterocycles. The molecule has 1 aliphatic carbocycles. The molecule has 0 aromatic heterocycles. The molecule has 2 rings (SSSR count). The molecule has 106 valence electrons. The Hall–Kier alpha value is -1.13. The lowest BCUT2D eigenvalue weighted by Crippen LogP contribution is -2.36. The van der Waals surface area contributed by atoms with E-state index in [1.807, 2.05) is 6.07 Å². The molecule has 1 fully saturated rings. The Labute approximate surface area is 114 Å². The van der Waals surface area contributed by atoms with E-state index in [4.69, 9.17) is 0 Å². The third-order valence-corrected chi connectivity index (χ3v) is 3.22. The van der Waals surface area contributed by atoms with Gasteiger partial charge in [-0.25, -0.2) is 4.39 Å². The highest BCUT2D eigenvalue weighted by molar-refractivity contribution is 5.48. The van der Waals surface area contributed by atoms with Gasteiger partial charge in [-0.2, -0.15) is 0 Å². The van der Waals surface area contributed by atoms with Gasteiger partial charge in [0.05, 0.1) is 11.3 Å². The summed E-state index contributed by atoms with van der Waals surface area (Å²) in [6.45, 7) is 4.55. The molecule has 0 heterocycles. The summed E-state index contributed by atoms with van der Waals surface area (Å²) < 4.78 is 14.1. The van der Waals surface area contributed by atoms with E-state index in [1.165, 1.54) is 12.8 Å². The van der Waals surface area contributed by atoms with Gasteiger partial charge in [0.15, 0.2) is 0 Å². The van der Waals surface area contributed by atoms with Gasteiger partial charge in [0.2, 0.25) is 0 Å². The SMILES string of the molecule is CN(CC(C)(C)O)c1ccc(CNC2CC2)cc1F. The zero-order chi connectivity index (χ0) is 14.0. The van der Waals surface area contributed by atoms with E-state index in [-0.39, 0.29) is 5.82 Å². The average Bonchev–Trinajstić information content (AvgIpc) is 3.07. The summed E-state index contributed by atoms with van der Waals surface area (Å²) >= 11 is 0. The Balaban J connectivity index is 2.00. The fourth-order valence-corrected chi connectivity index (χ4v) is 2.19. The molecule has 2 N–H and O–H groups in total. The maximum absolute atomic E-state index is 14.1. The molecule has 0 radical (unpaired) electrons. The quantitative estimate of drug-likeness (QED) is 0.829. The summed E-state index contributed by atoms with van der Waals surface area (Å²) in [5, 5.41) is 13.1. The van der Waals surface area contributed by atoms with Crippen LogP contribution in [0.25, 0.3) is 0 Å². The number of nitrogens with zero attached hydrogens (tertiary/aromatic N) is 1. The van der Waals surface area contributed by atoms with Crippen molar-refractivity contribution in [1.82, 2.24) is 5.32 Å². The maximum atomic E-state index is 14.1. The third-order valence-electron chi connectivity index (χ3n) is 3.22. The summed E-state index contributed by atoms with van der Waals surface area (Å²) in [6, 6.07) is 5.92. The smallest absolute Gasteiger partial charge is 0.146 e. The van der Waals surface area contributed by atoms with Gasteiger partial charge in [-0.05, 0) is 44.4 Å². The maximum Gasteiger partial charge on any atom is 0.146 e. The molecule has 0 aliphatic heterocycles. The summed E-state index contributed by atoms with van der Waals surface area (Å²) in [5.74, 6) is -0.234. The normalized spacial score (nSPS) is 15.6. The highest BCUT2D eigenvalue weighted by Gasteiger charge is 2.21. The van der Waals surface area contributed by atoms with Crippen molar-refractivity contribution in [3.8, 4) is 0 Å². The number of anilines is 1. The van der Waals surface area contributed by atoms with Crippen LogP contribution in [0.5, 0.6) is 0 Å². The van der Waals surface area contributed by atoms with E-state index >= 15 is 0 Å². The van der Waals surface area contributed by atoms with Crippen LogP contribution >= 0.6 is 0 Å². The van der Waals surface area contributed by atoms with Gasteiger partial charge in [-0.3, -0.25) is 0 Å². The predicted octanol–water partition coefficient (Wildman–Crippen LogP) is 2.28. The van der Waals surface area contributed by atoms with Gasteiger partial charge < -0.3 is 15.3 Å². The van der Waals surface area contributed by atoms with Gasteiger partial charge in [0.1, 0.15) is 5.82 Å². The Kier molecular flexibility index (Phi) is 4.11. The molecule has 1 aliphatic rings. The summed E-state index contributed by atoms with van der Waals surface area (Å²) in [4.78, 5) is 1.74. The van der Waals surface area contributed by atoms with Crippen LogP contribution in [-0.4, -0.2) is 30.3 Å². The molecule has 19 heavy (non-hydrogen) atoms. The molecule has 1 aromatic carbocycles. The Bertz CT molecular complexity index is 438. The molecule has 0 bridgehead atoms. The van der Waals surface area contributed by atoms with Crippen LogP contribution in [0.1, 0.15) is 32.3 Å². The second kappa shape index (κ2) is 5.47. The van der Waals surface area contributed by atoms with E-state index in [0.717, 1.165) is 12.1 Å². The van der Waals surface area contributed by atoms with Crippen LogP contribution in [0.4, 0.5) is 10.1 Å². The lowest BCUT2D eigenvalue weighted by molar-refractivity contribution is 0.0885. The van der Waals surface area contributed by atoms with Crippen molar-refractivity contribution in [3.05, 3.63) is 29.6 Å². The minimum absolute atomic E-state index is 0.234. The third kappa shape index (κ3) is 4.48. The van der Waals surface area contributed by atoms with Crippen LogP contribution in [0.15, 0.2) is 18.2 Å². The first-order valence-corrected chi connectivity index (χ1v) is 6.80. The van der Waals surface area contributed by atoms with Crippen LogP contribution in [-0.2, 0) is 6.54 Å². The number of hydrogen-bond donors (Lipinski definition) is 2. The molecule has 0 atom stereocenters. The molecule has 0 spiro atoms. The zero-order valence-corrected chi connectivity index (χ0v) is 11.9. The van der Waals surface area contributed by atoms with Gasteiger partial charge in [0, 0.05) is 26.2 Å². The molecular formula is C15H23FN2O. The van der Waals surface area contributed by atoms with E-state index in [9.17, 15) is 9.50 Å². The standard InChI is InChI=1S/C15H23FN2O/c1-15(2,19)10-18(3)14-7-4-11(8-13(14)16)9-17-12-5-6-12/h4,7-8,12,17,19H,5-6,9-10H2,1-3H3. The highest BCUT2D eigenvalue weighted by atomic mass is 19.1. The zero-order valence-electron chi connectivity index (χ0n) is 11.9. The first-order valence-electron chi connectivity index (χ1n) is 6.80. The number of nitrogens with one attached hydrogen (secondary N) is 1. The van der Waals surface area contributed by atoms with Crippen LogP contribution in [0, 0.1) is 5.82 Å². The van der Waals surface area contributed by atoms with Crippen molar-refractivity contribution in [2.75, 3.05) is 18.5 Å². The summed E-state index contributed by atoms with van der Waals surface area (Å²) in [6.07, 6.45) is 2.46. The number of halogens is 1. The lowest BCUT2D eigenvalue weighted by atomic mass is 10.1. The predicted molar refractivity (Wildman–Crippen MR) is 75.8 cm³/mol. The highest BCUT2D eigenvalue weighted by Crippen LogP contribution is 2.23. The van der Waals surface area contributed by atoms with Crippen LogP contribution in [0.3, 0.4) is 0 Å². The first-order chi connectivity index (χ1) is 8.85. The summed E-state index contributed by atoms with van der Waals surface area (Å²) in [5.41, 5.74) is 0.648. The van der Waals surface area contributed by atoms with E-state index in [0.29, 0.717) is 18.3 Å². The number of rotatable bonds is 6. The van der Waals surface area contributed by atoms with E-state index < -0.39 is 5.60 Å². The van der Waals surface area contributed by atoms with Crippen molar-refractivity contribution in [1.29, 1.82) is 0 Å².